The van der Waals surface area contributed by atoms with Crippen LogP contribution in [0.4, 0.5) is 0 Å². The number of methoxy groups -OCH3 is 1. The molecule has 0 fully saturated rings. The highest BCUT2D eigenvalue weighted by Gasteiger charge is 2.18. The van der Waals surface area contributed by atoms with Gasteiger partial charge in [0.1, 0.15) is 22.4 Å². The zero-order valence-corrected chi connectivity index (χ0v) is 10.7. The van der Waals surface area contributed by atoms with Crippen LogP contribution in [-0.2, 0) is 11.0 Å². The molecule has 1 rings (SSSR count). The minimum atomic E-state index is -1.27. The molecular formula is C11H16N2O2S. The van der Waals surface area contributed by atoms with Crippen LogP contribution in [0.3, 0.4) is 0 Å². The fourth-order valence-corrected chi connectivity index (χ4v) is 1.44. The average Bonchev–Trinajstić information content (AvgIpc) is 2.24. The zero-order chi connectivity index (χ0) is 12.2. The highest BCUT2D eigenvalue weighted by Crippen LogP contribution is 2.15. The van der Waals surface area contributed by atoms with Crippen LogP contribution in [0.2, 0.25) is 0 Å². The third-order valence-corrected chi connectivity index (χ3v) is 3.16. The molecule has 0 aliphatic rings. The Morgan fingerprint density at radius 2 is 2.19 bits per heavy atom. The van der Waals surface area contributed by atoms with Crippen molar-refractivity contribution in [1.82, 2.24) is 4.98 Å². The number of rotatable bonds is 3. The van der Waals surface area contributed by atoms with Crippen molar-refractivity contribution in [2.45, 2.75) is 25.5 Å². The summed E-state index contributed by atoms with van der Waals surface area (Å²) in [5, 5.41) is 0. The van der Waals surface area contributed by atoms with Crippen molar-refractivity contribution in [1.29, 1.82) is 0 Å². The Kier molecular flexibility index (Phi) is 4.18. The number of hydrogen-bond acceptors (Lipinski definition) is 3. The molecule has 1 atom stereocenters. The lowest BCUT2D eigenvalue weighted by Crippen LogP contribution is -2.19. The number of nitrogens with zero attached hydrogens (tertiary/aromatic N) is 2. The second kappa shape index (κ2) is 5.21. The van der Waals surface area contributed by atoms with Crippen LogP contribution in [0.15, 0.2) is 22.7 Å². The van der Waals surface area contributed by atoms with Crippen molar-refractivity contribution in [3.8, 4) is 5.75 Å². The molecule has 16 heavy (non-hydrogen) atoms. The van der Waals surface area contributed by atoms with Gasteiger partial charge in [-0.25, -0.2) is 4.21 Å². The van der Waals surface area contributed by atoms with Gasteiger partial charge in [0.25, 0.3) is 0 Å². The van der Waals surface area contributed by atoms with Gasteiger partial charge in [0, 0.05) is 6.20 Å². The summed E-state index contributed by atoms with van der Waals surface area (Å²) in [4.78, 5) is 4.09. The smallest absolute Gasteiger partial charge is 0.146 e. The van der Waals surface area contributed by atoms with Gasteiger partial charge >= 0.3 is 0 Å². The van der Waals surface area contributed by atoms with Gasteiger partial charge in [0.15, 0.2) is 0 Å². The van der Waals surface area contributed by atoms with Crippen molar-refractivity contribution >= 4 is 17.2 Å². The van der Waals surface area contributed by atoms with Gasteiger partial charge in [-0.3, -0.25) is 4.98 Å². The van der Waals surface area contributed by atoms with Gasteiger partial charge < -0.3 is 4.74 Å². The topological polar surface area (TPSA) is 51.6 Å². The summed E-state index contributed by atoms with van der Waals surface area (Å²) in [6.07, 6.45) is 3.13. The summed E-state index contributed by atoms with van der Waals surface area (Å²) >= 11 is 0. The predicted octanol–water partition coefficient (Wildman–Crippen LogP) is 1.97. The van der Waals surface area contributed by atoms with E-state index in [9.17, 15) is 4.21 Å². The van der Waals surface area contributed by atoms with Crippen LogP contribution in [0.25, 0.3) is 0 Å². The summed E-state index contributed by atoms with van der Waals surface area (Å²) in [5.41, 5.74) is 0.586. The van der Waals surface area contributed by atoms with Gasteiger partial charge in [0.05, 0.1) is 18.1 Å². The van der Waals surface area contributed by atoms with Crippen LogP contribution >= 0.6 is 0 Å². The first-order valence-corrected chi connectivity index (χ1v) is 6.01. The Morgan fingerprint density at radius 1 is 1.50 bits per heavy atom. The van der Waals surface area contributed by atoms with Gasteiger partial charge in [-0.15, -0.1) is 0 Å². The Labute approximate surface area is 98.4 Å². The van der Waals surface area contributed by atoms with Crippen molar-refractivity contribution in [2.24, 2.45) is 4.40 Å². The summed E-state index contributed by atoms with van der Waals surface area (Å²) in [5.74, 6) is 0.622. The molecule has 0 N–H and O–H groups in total. The quantitative estimate of drug-likeness (QED) is 0.759. The SMILES string of the molecule is COc1cccnc1C=N[S@](=O)C(C)(C)C. The zero-order valence-electron chi connectivity index (χ0n) is 9.93. The maximum atomic E-state index is 11.7. The van der Waals surface area contributed by atoms with Crippen molar-refractivity contribution in [3.63, 3.8) is 0 Å². The molecule has 0 saturated carbocycles. The summed E-state index contributed by atoms with van der Waals surface area (Å²) in [7, 11) is 0.290. The molecule has 88 valence electrons. The second-order valence-electron chi connectivity index (χ2n) is 4.19. The van der Waals surface area contributed by atoms with Gasteiger partial charge in [-0.2, -0.15) is 4.40 Å². The molecule has 1 aromatic heterocycles. The molecule has 0 spiro atoms. The molecule has 5 heteroatoms. The molecule has 0 amide bonds. The summed E-state index contributed by atoms with van der Waals surface area (Å²) in [6, 6.07) is 3.56. The molecule has 0 aliphatic carbocycles. The number of ether oxygens (including phenoxy) is 1. The molecule has 4 nitrogen and oxygen atoms in total. The maximum Gasteiger partial charge on any atom is 0.146 e. The van der Waals surface area contributed by atoms with E-state index in [4.69, 9.17) is 4.74 Å². The molecule has 1 aromatic rings. The Bertz CT molecular complexity index is 411. The van der Waals surface area contributed by atoms with E-state index in [1.54, 1.807) is 25.4 Å². The first kappa shape index (κ1) is 12.8. The van der Waals surface area contributed by atoms with Crippen molar-refractivity contribution in [2.75, 3.05) is 7.11 Å². The number of aromatic nitrogens is 1. The molecule has 0 saturated heterocycles. The lowest BCUT2D eigenvalue weighted by Gasteiger charge is -2.12. The Hall–Kier alpha value is -1.23. The fraction of sp³-hybridized carbons (Fsp3) is 0.455. The van der Waals surface area contributed by atoms with E-state index in [1.807, 2.05) is 20.8 Å². The first-order valence-electron chi connectivity index (χ1n) is 4.90. The normalized spacial score (nSPS) is 14.0. The minimum absolute atomic E-state index is 0.363. The maximum absolute atomic E-state index is 11.7. The van der Waals surface area contributed by atoms with E-state index in [1.165, 1.54) is 6.21 Å². The number of hydrogen-bond donors (Lipinski definition) is 0. The van der Waals surface area contributed by atoms with Crippen LogP contribution in [-0.4, -0.2) is 27.3 Å². The van der Waals surface area contributed by atoms with E-state index < -0.39 is 11.0 Å². The highest BCUT2D eigenvalue weighted by molar-refractivity contribution is 7.85. The third-order valence-electron chi connectivity index (χ3n) is 1.81. The summed E-state index contributed by atoms with van der Waals surface area (Å²) in [6.45, 7) is 5.61. The number of pyridine rings is 1. The van der Waals surface area contributed by atoms with E-state index in [0.29, 0.717) is 11.4 Å². The molecular weight excluding hydrogens is 224 g/mol. The molecule has 1 heterocycles. The van der Waals surface area contributed by atoms with E-state index in [0.717, 1.165) is 0 Å². The van der Waals surface area contributed by atoms with Gasteiger partial charge in [-0.1, -0.05) is 0 Å². The minimum Gasteiger partial charge on any atom is -0.494 e. The van der Waals surface area contributed by atoms with Crippen LogP contribution in [0.1, 0.15) is 26.5 Å². The Balaban J connectivity index is 2.88. The van der Waals surface area contributed by atoms with Crippen LogP contribution in [0.5, 0.6) is 5.75 Å². The van der Waals surface area contributed by atoms with Gasteiger partial charge in [-0.05, 0) is 32.9 Å². The van der Waals surface area contributed by atoms with E-state index >= 15 is 0 Å². The summed E-state index contributed by atoms with van der Waals surface area (Å²) < 4.78 is 20.4. The predicted molar refractivity (Wildman–Crippen MR) is 66.3 cm³/mol. The lowest BCUT2D eigenvalue weighted by molar-refractivity contribution is 0.412. The average molecular weight is 240 g/mol. The Morgan fingerprint density at radius 3 is 2.75 bits per heavy atom. The van der Waals surface area contributed by atoms with Crippen LogP contribution < -0.4 is 4.74 Å². The second-order valence-corrected chi connectivity index (χ2v) is 6.12. The van der Waals surface area contributed by atoms with E-state index in [-0.39, 0.29) is 4.75 Å². The monoisotopic (exact) mass is 240 g/mol. The standard InChI is InChI=1S/C11H16N2O2S/c1-11(2,3)16(14)13-8-9-10(15-4)6-5-7-12-9/h5-8H,1-4H3/t16-/m1/s1. The van der Waals surface area contributed by atoms with Gasteiger partial charge in [0.2, 0.25) is 0 Å². The third kappa shape index (κ3) is 3.41. The molecule has 0 bridgehead atoms. The fourth-order valence-electron chi connectivity index (χ4n) is 0.928. The molecule has 0 unspecified atom stereocenters. The largest absolute Gasteiger partial charge is 0.494 e. The molecule has 0 aromatic carbocycles. The van der Waals surface area contributed by atoms with Crippen LogP contribution in [0, 0.1) is 0 Å². The first-order chi connectivity index (χ1) is 7.45. The van der Waals surface area contributed by atoms with Crippen molar-refractivity contribution < 1.29 is 8.95 Å². The van der Waals surface area contributed by atoms with Crippen molar-refractivity contribution in [3.05, 3.63) is 24.0 Å². The lowest BCUT2D eigenvalue weighted by atomic mass is 10.3. The molecule has 0 radical (unpaired) electrons. The molecule has 0 aliphatic heterocycles. The highest BCUT2D eigenvalue weighted by atomic mass is 32.2. The van der Waals surface area contributed by atoms with E-state index in [2.05, 4.69) is 9.38 Å².